The standard InChI is InChI=1S/C12H16N2O2/c15-9-1-7-13-11-3-5-12(6-4-11)14-8-2-10-16/h3-6,9-10,13-14H,1-2,7-8H2. The molecule has 0 radical (unpaired) electrons. The zero-order valence-electron chi connectivity index (χ0n) is 9.11. The minimum Gasteiger partial charge on any atom is -0.385 e. The molecule has 0 fully saturated rings. The largest absolute Gasteiger partial charge is 0.385 e. The molecule has 0 spiro atoms. The van der Waals surface area contributed by atoms with Crippen LogP contribution in [0.3, 0.4) is 0 Å². The van der Waals surface area contributed by atoms with Crippen LogP contribution in [-0.2, 0) is 9.59 Å². The maximum absolute atomic E-state index is 10.1. The second-order valence-electron chi connectivity index (χ2n) is 3.34. The summed E-state index contributed by atoms with van der Waals surface area (Å²) in [5.41, 5.74) is 1.98. The summed E-state index contributed by atoms with van der Waals surface area (Å²) in [5, 5.41) is 6.25. The molecule has 0 atom stereocenters. The van der Waals surface area contributed by atoms with E-state index in [4.69, 9.17) is 0 Å². The molecule has 0 aliphatic rings. The molecular formula is C12H16N2O2. The van der Waals surface area contributed by atoms with Crippen molar-refractivity contribution in [1.29, 1.82) is 0 Å². The van der Waals surface area contributed by atoms with E-state index >= 15 is 0 Å². The zero-order valence-corrected chi connectivity index (χ0v) is 9.11. The van der Waals surface area contributed by atoms with E-state index in [0.29, 0.717) is 25.9 Å². The highest BCUT2D eigenvalue weighted by molar-refractivity contribution is 5.56. The van der Waals surface area contributed by atoms with Gasteiger partial charge in [0.05, 0.1) is 0 Å². The van der Waals surface area contributed by atoms with Crippen LogP contribution in [0.15, 0.2) is 24.3 Å². The lowest BCUT2D eigenvalue weighted by molar-refractivity contribution is -0.108. The van der Waals surface area contributed by atoms with Crippen LogP contribution in [-0.4, -0.2) is 25.7 Å². The molecular weight excluding hydrogens is 204 g/mol. The van der Waals surface area contributed by atoms with Crippen molar-refractivity contribution in [3.8, 4) is 0 Å². The van der Waals surface area contributed by atoms with Crippen LogP contribution in [0.25, 0.3) is 0 Å². The third kappa shape index (κ3) is 4.59. The maximum atomic E-state index is 10.1. The Kier molecular flexibility index (Phi) is 5.70. The SMILES string of the molecule is O=CCCNc1ccc(NCCC=O)cc1. The lowest BCUT2D eigenvalue weighted by atomic mass is 10.2. The Morgan fingerprint density at radius 3 is 1.50 bits per heavy atom. The average molecular weight is 220 g/mol. The van der Waals surface area contributed by atoms with E-state index in [1.165, 1.54) is 0 Å². The Balaban J connectivity index is 2.35. The number of benzene rings is 1. The summed E-state index contributed by atoms with van der Waals surface area (Å²) in [7, 11) is 0. The summed E-state index contributed by atoms with van der Waals surface area (Å²) in [6.45, 7) is 1.31. The van der Waals surface area contributed by atoms with Gasteiger partial charge < -0.3 is 20.2 Å². The van der Waals surface area contributed by atoms with Gasteiger partial charge in [-0.05, 0) is 24.3 Å². The fourth-order valence-electron chi connectivity index (χ4n) is 1.26. The molecule has 2 N–H and O–H groups in total. The predicted molar refractivity (Wildman–Crippen MR) is 64.8 cm³/mol. The summed E-state index contributed by atoms with van der Waals surface area (Å²) in [5.74, 6) is 0. The number of carbonyl (C=O) groups is 2. The van der Waals surface area contributed by atoms with Crippen LogP contribution in [0.5, 0.6) is 0 Å². The third-order valence-electron chi connectivity index (χ3n) is 2.07. The maximum Gasteiger partial charge on any atom is 0.121 e. The van der Waals surface area contributed by atoms with E-state index < -0.39 is 0 Å². The summed E-state index contributed by atoms with van der Waals surface area (Å²) < 4.78 is 0. The molecule has 0 aliphatic heterocycles. The van der Waals surface area contributed by atoms with E-state index in [9.17, 15) is 9.59 Å². The lowest BCUT2D eigenvalue weighted by Crippen LogP contribution is -2.03. The molecule has 0 aliphatic carbocycles. The van der Waals surface area contributed by atoms with Gasteiger partial charge in [0.15, 0.2) is 0 Å². The van der Waals surface area contributed by atoms with Crippen LogP contribution in [0, 0.1) is 0 Å². The first kappa shape index (κ1) is 12.2. The van der Waals surface area contributed by atoms with Crippen LogP contribution in [0.1, 0.15) is 12.8 Å². The number of carbonyl (C=O) groups excluding carboxylic acids is 2. The fourth-order valence-corrected chi connectivity index (χ4v) is 1.26. The quantitative estimate of drug-likeness (QED) is 0.517. The summed E-state index contributed by atoms with van der Waals surface area (Å²) in [6.07, 6.45) is 2.81. The molecule has 0 aromatic heterocycles. The first-order valence-electron chi connectivity index (χ1n) is 5.32. The molecule has 1 aromatic carbocycles. The van der Waals surface area contributed by atoms with Crippen LogP contribution in [0.4, 0.5) is 11.4 Å². The van der Waals surface area contributed by atoms with Gasteiger partial charge in [0.25, 0.3) is 0 Å². The van der Waals surface area contributed by atoms with Crippen molar-refractivity contribution in [2.45, 2.75) is 12.8 Å². The Morgan fingerprint density at radius 2 is 1.19 bits per heavy atom. The van der Waals surface area contributed by atoms with Gasteiger partial charge in [-0.3, -0.25) is 0 Å². The molecule has 4 heteroatoms. The van der Waals surface area contributed by atoms with Gasteiger partial charge in [-0.1, -0.05) is 0 Å². The monoisotopic (exact) mass is 220 g/mol. The van der Waals surface area contributed by atoms with E-state index in [0.717, 1.165) is 23.9 Å². The van der Waals surface area contributed by atoms with Gasteiger partial charge in [0.2, 0.25) is 0 Å². The smallest absolute Gasteiger partial charge is 0.121 e. The topological polar surface area (TPSA) is 58.2 Å². The number of hydrogen-bond donors (Lipinski definition) is 2. The molecule has 86 valence electrons. The van der Waals surface area contributed by atoms with Crippen LogP contribution >= 0.6 is 0 Å². The van der Waals surface area contributed by atoms with Crippen molar-refractivity contribution in [1.82, 2.24) is 0 Å². The summed E-state index contributed by atoms with van der Waals surface area (Å²) >= 11 is 0. The minimum atomic E-state index is 0.513. The molecule has 1 rings (SSSR count). The van der Waals surface area contributed by atoms with Gasteiger partial charge in [-0.25, -0.2) is 0 Å². The minimum absolute atomic E-state index is 0.513. The first-order valence-corrected chi connectivity index (χ1v) is 5.32. The van der Waals surface area contributed by atoms with E-state index in [1.807, 2.05) is 24.3 Å². The van der Waals surface area contributed by atoms with Gasteiger partial charge in [-0.15, -0.1) is 0 Å². The van der Waals surface area contributed by atoms with Crippen LogP contribution < -0.4 is 10.6 Å². The highest BCUT2D eigenvalue weighted by Crippen LogP contribution is 2.13. The summed E-state index contributed by atoms with van der Waals surface area (Å²) in [4.78, 5) is 20.2. The molecule has 0 saturated carbocycles. The molecule has 16 heavy (non-hydrogen) atoms. The van der Waals surface area contributed by atoms with Gasteiger partial charge in [0.1, 0.15) is 12.6 Å². The lowest BCUT2D eigenvalue weighted by Gasteiger charge is -2.07. The van der Waals surface area contributed by atoms with Crippen LogP contribution in [0.2, 0.25) is 0 Å². The van der Waals surface area contributed by atoms with Gasteiger partial charge in [-0.2, -0.15) is 0 Å². The first-order chi connectivity index (χ1) is 7.86. The van der Waals surface area contributed by atoms with Crippen molar-refractivity contribution in [3.05, 3.63) is 24.3 Å². The second kappa shape index (κ2) is 7.45. The Hall–Kier alpha value is -1.84. The number of hydrogen-bond acceptors (Lipinski definition) is 4. The number of anilines is 2. The zero-order chi connectivity index (χ0) is 11.6. The van der Waals surface area contributed by atoms with E-state index in [1.54, 1.807) is 0 Å². The van der Waals surface area contributed by atoms with Crippen molar-refractivity contribution < 1.29 is 9.59 Å². The van der Waals surface area contributed by atoms with Crippen molar-refractivity contribution in [2.75, 3.05) is 23.7 Å². The molecule has 0 unspecified atom stereocenters. The number of rotatable bonds is 8. The molecule has 1 aromatic rings. The fraction of sp³-hybridized carbons (Fsp3) is 0.333. The molecule has 0 bridgehead atoms. The normalized spacial score (nSPS) is 9.50. The molecule has 0 saturated heterocycles. The van der Waals surface area contributed by atoms with E-state index in [2.05, 4.69) is 10.6 Å². The molecule has 0 heterocycles. The third-order valence-corrected chi connectivity index (χ3v) is 2.07. The van der Waals surface area contributed by atoms with Crippen molar-refractivity contribution in [3.63, 3.8) is 0 Å². The second-order valence-corrected chi connectivity index (χ2v) is 3.34. The Bertz CT molecular complexity index is 289. The Labute approximate surface area is 95.0 Å². The number of nitrogens with one attached hydrogen (secondary N) is 2. The predicted octanol–water partition coefficient (Wildman–Crippen LogP) is 1.69. The molecule has 4 nitrogen and oxygen atoms in total. The number of aldehydes is 2. The highest BCUT2D eigenvalue weighted by Gasteiger charge is 1.93. The summed E-state index contributed by atoms with van der Waals surface area (Å²) in [6, 6.07) is 7.75. The van der Waals surface area contributed by atoms with Crippen molar-refractivity contribution >= 4 is 23.9 Å². The van der Waals surface area contributed by atoms with Crippen molar-refractivity contribution in [2.24, 2.45) is 0 Å². The highest BCUT2D eigenvalue weighted by atomic mass is 16.1. The van der Waals surface area contributed by atoms with E-state index in [-0.39, 0.29) is 0 Å². The average Bonchev–Trinajstić information content (AvgIpc) is 2.32. The van der Waals surface area contributed by atoms with Gasteiger partial charge in [0, 0.05) is 37.3 Å². The molecule has 0 amide bonds. The van der Waals surface area contributed by atoms with Gasteiger partial charge >= 0.3 is 0 Å². The Morgan fingerprint density at radius 1 is 0.812 bits per heavy atom.